The molecule has 1 fully saturated rings. The summed E-state index contributed by atoms with van der Waals surface area (Å²) in [6, 6.07) is 12.2. The highest BCUT2D eigenvalue weighted by Crippen LogP contribution is 2.46. The number of carboxylic acid groups (broad SMARTS) is 1. The molecule has 0 bridgehead atoms. The first-order valence-electron chi connectivity index (χ1n) is 14.1. The van der Waals surface area contributed by atoms with Gasteiger partial charge in [-0.2, -0.15) is 4.31 Å². The number of thioether (sulfide) groups is 1. The van der Waals surface area contributed by atoms with Gasteiger partial charge in [0, 0.05) is 42.6 Å². The first-order valence-corrected chi connectivity index (χ1v) is 16.4. The number of carbonyl (C=O) groups excluding carboxylic acids is 3. The van der Waals surface area contributed by atoms with Crippen molar-refractivity contribution in [2.45, 2.75) is 93.3 Å². The maximum absolute atomic E-state index is 13.6. The quantitative estimate of drug-likeness (QED) is 0.249. The van der Waals surface area contributed by atoms with Crippen molar-refractivity contribution >= 4 is 50.9 Å². The molecule has 12 heteroatoms. The topological polar surface area (TPSA) is 162 Å². The van der Waals surface area contributed by atoms with E-state index >= 15 is 0 Å². The molecule has 2 unspecified atom stereocenters. The molecule has 0 saturated carbocycles. The molecule has 0 aliphatic carbocycles. The van der Waals surface area contributed by atoms with Gasteiger partial charge in [-0.3, -0.25) is 14.4 Å². The minimum Gasteiger partial charge on any atom is -0.480 e. The number of hydrogen-bond donors (Lipinski definition) is 3. The number of ketones is 2. The van der Waals surface area contributed by atoms with Gasteiger partial charge in [-0.25, -0.2) is 13.2 Å². The second kappa shape index (κ2) is 14.4. The molecular weight excluding hydrogens is 590 g/mol. The van der Waals surface area contributed by atoms with Crippen LogP contribution in [0.2, 0.25) is 0 Å². The van der Waals surface area contributed by atoms with Gasteiger partial charge in [0.1, 0.15) is 23.7 Å². The summed E-state index contributed by atoms with van der Waals surface area (Å²) in [5, 5.41) is 19.3. The van der Waals surface area contributed by atoms with Crippen molar-refractivity contribution in [3.05, 3.63) is 65.7 Å². The van der Waals surface area contributed by atoms with E-state index < -0.39 is 44.1 Å². The fourth-order valence-corrected chi connectivity index (χ4v) is 8.98. The van der Waals surface area contributed by atoms with Gasteiger partial charge < -0.3 is 15.8 Å². The summed E-state index contributed by atoms with van der Waals surface area (Å²) < 4.78 is 27.5. The van der Waals surface area contributed by atoms with Crippen molar-refractivity contribution in [1.29, 1.82) is 5.41 Å². The number of carbonyl (C=O) groups is 4. The zero-order valence-corrected chi connectivity index (χ0v) is 26.5. The van der Waals surface area contributed by atoms with E-state index in [4.69, 9.17) is 5.41 Å². The Hall–Kier alpha value is -3.35. The lowest BCUT2D eigenvalue weighted by atomic mass is 9.99. The number of benzene rings is 2. The number of Topliss-reactive ketones (excluding diaryl/α,β-unsaturated/α-hetero) is 2. The number of nitrogens with one attached hydrogen (secondary N) is 2. The third kappa shape index (κ3) is 9.07. The highest BCUT2D eigenvalue weighted by atomic mass is 32.2. The first-order chi connectivity index (χ1) is 20.1. The van der Waals surface area contributed by atoms with Crippen LogP contribution in [0, 0.1) is 5.41 Å². The molecule has 0 aromatic heterocycles. The predicted molar refractivity (Wildman–Crippen MR) is 166 cm³/mol. The number of hydrogen-bond acceptors (Lipinski definition) is 8. The standard InChI is InChI=1S/C31H39N3O7S2/c1-20(32)17-24(35)9-8-10-25(36)18-22-13-15-23(16-14-22)19-27(30(38)39)33-29(37)28-31(3,4)42-21(2)34(28)43(40,41)26-11-6-5-7-12-26/h5-7,11-16,21,27-28,32H,8-10,17-19H2,1-4H3,(H,33,37)(H,38,39)/t21?,27?,28-/m1/s1. The molecule has 3 rings (SSSR count). The molecule has 2 aromatic rings. The van der Waals surface area contributed by atoms with Gasteiger partial charge in [0.05, 0.1) is 10.3 Å². The van der Waals surface area contributed by atoms with Crippen molar-refractivity contribution in [3.63, 3.8) is 0 Å². The summed E-state index contributed by atoms with van der Waals surface area (Å²) in [5.74, 6) is -2.02. The largest absolute Gasteiger partial charge is 0.480 e. The van der Waals surface area contributed by atoms with Crippen LogP contribution in [0.4, 0.5) is 0 Å². The van der Waals surface area contributed by atoms with Gasteiger partial charge in [-0.15, -0.1) is 11.8 Å². The number of nitrogens with zero attached hydrogens (tertiary/aromatic N) is 1. The van der Waals surface area contributed by atoms with Crippen LogP contribution in [0.15, 0.2) is 59.5 Å². The third-order valence-corrected chi connectivity index (χ3v) is 10.6. The van der Waals surface area contributed by atoms with Crippen molar-refractivity contribution in [1.82, 2.24) is 9.62 Å². The molecule has 1 amide bonds. The Bertz CT molecular complexity index is 1460. The van der Waals surface area contributed by atoms with E-state index in [1.807, 2.05) is 0 Å². The van der Waals surface area contributed by atoms with Crippen LogP contribution in [0.5, 0.6) is 0 Å². The van der Waals surface area contributed by atoms with E-state index in [1.54, 1.807) is 70.2 Å². The van der Waals surface area contributed by atoms with Crippen molar-refractivity contribution in [2.24, 2.45) is 0 Å². The summed E-state index contributed by atoms with van der Waals surface area (Å²) in [6.45, 7) is 6.82. The molecule has 1 saturated heterocycles. The Morgan fingerprint density at radius 1 is 1.00 bits per heavy atom. The average molecular weight is 630 g/mol. The van der Waals surface area contributed by atoms with Gasteiger partial charge in [0.25, 0.3) is 0 Å². The lowest BCUT2D eigenvalue weighted by molar-refractivity contribution is -0.142. The molecule has 3 N–H and O–H groups in total. The molecule has 1 aliphatic heterocycles. The van der Waals surface area contributed by atoms with Crippen LogP contribution in [0.3, 0.4) is 0 Å². The summed E-state index contributed by atoms with van der Waals surface area (Å²) in [7, 11) is -4.05. The third-order valence-electron chi connectivity index (χ3n) is 7.16. The Morgan fingerprint density at radius 2 is 1.58 bits per heavy atom. The summed E-state index contributed by atoms with van der Waals surface area (Å²) in [5.41, 5.74) is 1.67. The molecule has 10 nitrogen and oxygen atoms in total. The highest BCUT2D eigenvalue weighted by molar-refractivity contribution is 8.02. The number of sulfonamides is 1. The molecule has 0 radical (unpaired) electrons. The second-order valence-electron chi connectivity index (χ2n) is 11.4. The summed E-state index contributed by atoms with van der Waals surface area (Å²) in [6.07, 6.45) is 1.19. The Labute approximate surface area is 257 Å². The molecule has 1 heterocycles. The number of amides is 1. The van der Waals surface area contributed by atoms with Crippen LogP contribution >= 0.6 is 11.8 Å². The minimum absolute atomic E-state index is 0.0240. The maximum Gasteiger partial charge on any atom is 0.326 e. The summed E-state index contributed by atoms with van der Waals surface area (Å²) >= 11 is 1.33. The van der Waals surface area contributed by atoms with E-state index in [0.29, 0.717) is 17.7 Å². The van der Waals surface area contributed by atoms with Crippen LogP contribution in [0.25, 0.3) is 0 Å². The van der Waals surface area contributed by atoms with E-state index in [9.17, 15) is 32.7 Å². The first kappa shape index (κ1) is 34.1. The van der Waals surface area contributed by atoms with Crippen LogP contribution in [-0.4, -0.2) is 69.2 Å². The van der Waals surface area contributed by atoms with E-state index in [0.717, 1.165) is 9.87 Å². The van der Waals surface area contributed by atoms with Crippen LogP contribution in [-0.2, 0) is 42.0 Å². The SMILES string of the molecule is CC(=N)CC(=O)CCCC(=O)Cc1ccc(CC(NC(=O)[C@H]2N(S(=O)(=O)c3ccccc3)C(C)SC2(C)C)C(=O)O)cc1. The zero-order chi connectivity index (χ0) is 31.9. The lowest BCUT2D eigenvalue weighted by Gasteiger charge is -2.31. The Balaban J connectivity index is 1.66. The fourth-order valence-electron chi connectivity index (χ4n) is 5.21. The Morgan fingerprint density at radius 3 is 2.16 bits per heavy atom. The van der Waals surface area contributed by atoms with E-state index in [2.05, 4.69) is 5.32 Å². The zero-order valence-electron chi connectivity index (χ0n) is 24.8. The normalized spacial score (nSPS) is 19.0. The van der Waals surface area contributed by atoms with Gasteiger partial charge in [0.15, 0.2) is 0 Å². The molecular formula is C31H39N3O7S2. The molecule has 0 spiro atoms. The van der Waals surface area contributed by atoms with Gasteiger partial charge >= 0.3 is 5.97 Å². The van der Waals surface area contributed by atoms with Gasteiger partial charge in [-0.05, 0) is 57.4 Å². The van der Waals surface area contributed by atoms with E-state index in [1.165, 1.54) is 23.9 Å². The Kier molecular flexibility index (Phi) is 11.4. The molecule has 3 atom stereocenters. The summed E-state index contributed by atoms with van der Waals surface area (Å²) in [4.78, 5) is 49.9. The molecule has 1 aliphatic rings. The number of carboxylic acids is 1. The minimum atomic E-state index is -4.05. The fraction of sp³-hybridized carbons (Fsp3) is 0.452. The molecule has 43 heavy (non-hydrogen) atoms. The predicted octanol–water partition coefficient (Wildman–Crippen LogP) is 4.01. The lowest BCUT2D eigenvalue weighted by Crippen LogP contribution is -2.57. The van der Waals surface area contributed by atoms with Gasteiger partial charge in [-0.1, -0.05) is 42.5 Å². The van der Waals surface area contributed by atoms with Crippen molar-refractivity contribution in [3.8, 4) is 0 Å². The highest BCUT2D eigenvalue weighted by Gasteiger charge is 2.55. The second-order valence-corrected chi connectivity index (χ2v) is 15.2. The molecule has 2 aromatic carbocycles. The maximum atomic E-state index is 13.6. The van der Waals surface area contributed by atoms with E-state index in [-0.39, 0.29) is 48.6 Å². The molecule has 232 valence electrons. The van der Waals surface area contributed by atoms with Crippen molar-refractivity contribution in [2.75, 3.05) is 0 Å². The number of rotatable bonds is 15. The smallest absolute Gasteiger partial charge is 0.326 e. The van der Waals surface area contributed by atoms with Crippen LogP contribution in [0.1, 0.15) is 64.5 Å². The van der Waals surface area contributed by atoms with Gasteiger partial charge in [0.2, 0.25) is 15.9 Å². The van der Waals surface area contributed by atoms with Crippen molar-refractivity contribution < 1.29 is 32.7 Å². The van der Waals surface area contributed by atoms with Crippen LogP contribution < -0.4 is 5.32 Å². The number of aliphatic carboxylic acids is 1. The average Bonchev–Trinajstić information content (AvgIpc) is 3.17. The monoisotopic (exact) mass is 629 g/mol.